The number of nitrogens with one attached hydrogen (secondary N) is 1. The highest BCUT2D eigenvalue weighted by Crippen LogP contribution is 2.31. The lowest BCUT2D eigenvalue weighted by Crippen LogP contribution is -2.52. The average Bonchev–Trinajstić information content (AvgIpc) is 2.77. The fourth-order valence-corrected chi connectivity index (χ4v) is 4.30. The molecule has 0 saturated carbocycles. The van der Waals surface area contributed by atoms with Crippen LogP contribution in [0.25, 0.3) is 0 Å². The summed E-state index contributed by atoms with van der Waals surface area (Å²) in [6.45, 7) is 14.8. The van der Waals surface area contributed by atoms with E-state index in [0.717, 1.165) is 18.7 Å². The molecular formula is C27H38N6O. The monoisotopic (exact) mass is 462 g/mol. The first-order chi connectivity index (χ1) is 15.9. The molecule has 0 radical (unpaired) electrons. The maximum Gasteiger partial charge on any atom is 0.248 e. The van der Waals surface area contributed by atoms with Crippen molar-refractivity contribution >= 4 is 11.7 Å². The predicted octanol–water partition coefficient (Wildman–Crippen LogP) is 4.33. The zero-order chi connectivity index (χ0) is 25.1. The van der Waals surface area contributed by atoms with Crippen molar-refractivity contribution in [3.05, 3.63) is 53.0 Å². The van der Waals surface area contributed by atoms with E-state index in [0.29, 0.717) is 24.0 Å². The number of anilines is 1. The van der Waals surface area contributed by atoms with Gasteiger partial charge in [-0.3, -0.25) is 15.2 Å². The van der Waals surface area contributed by atoms with Gasteiger partial charge < -0.3 is 4.90 Å². The third-order valence-corrected chi connectivity index (χ3v) is 6.48. The number of benzene rings is 1. The maximum atomic E-state index is 13.5. The number of aryl methyl sites for hydroxylation is 1. The van der Waals surface area contributed by atoms with Crippen LogP contribution in [0.5, 0.6) is 0 Å². The normalized spacial score (nSPS) is 15.6. The molecule has 0 spiro atoms. The van der Waals surface area contributed by atoms with Gasteiger partial charge in [0.15, 0.2) is 5.82 Å². The molecule has 0 atom stereocenters. The molecule has 0 unspecified atom stereocenters. The summed E-state index contributed by atoms with van der Waals surface area (Å²) in [6.07, 6.45) is 2.34. The highest BCUT2D eigenvalue weighted by Gasteiger charge is 2.33. The van der Waals surface area contributed by atoms with Crippen LogP contribution in [0.4, 0.5) is 5.82 Å². The molecule has 34 heavy (non-hydrogen) atoms. The summed E-state index contributed by atoms with van der Waals surface area (Å²) >= 11 is 0. The Morgan fingerprint density at radius 1 is 1.15 bits per heavy atom. The standard InChI is InChI=1S/C27H38N6O/c1-19-16-24(30-23(17-28)29-19)33(18-26(2,3)4)31-25(34)27(5,6)22-10-8-20(9-11-22)21-12-14-32(7)15-13-21/h8-11,16,21H,12-15,18H2,1-7H3,(H,31,34). The number of hydrogen-bond acceptors (Lipinski definition) is 6. The summed E-state index contributed by atoms with van der Waals surface area (Å²) in [5.41, 5.74) is 5.21. The molecule has 2 aromatic rings. The first-order valence-corrected chi connectivity index (χ1v) is 12.0. The summed E-state index contributed by atoms with van der Waals surface area (Å²) in [5.74, 6) is 1.06. The molecule has 182 valence electrons. The van der Waals surface area contributed by atoms with Crippen LogP contribution in [0.3, 0.4) is 0 Å². The van der Waals surface area contributed by atoms with Crippen molar-refractivity contribution in [3.63, 3.8) is 0 Å². The lowest BCUT2D eigenvalue weighted by atomic mass is 9.81. The minimum absolute atomic E-state index is 0.0897. The van der Waals surface area contributed by atoms with E-state index in [1.807, 2.05) is 26.8 Å². The molecule has 0 bridgehead atoms. The van der Waals surface area contributed by atoms with E-state index in [4.69, 9.17) is 0 Å². The molecule has 3 rings (SSSR count). The Labute approximate surface area is 204 Å². The smallest absolute Gasteiger partial charge is 0.248 e. The van der Waals surface area contributed by atoms with Crippen molar-refractivity contribution < 1.29 is 4.79 Å². The SMILES string of the molecule is Cc1cc(N(CC(C)(C)C)NC(=O)C(C)(C)c2ccc(C3CCN(C)CC3)cc2)nc(C#N)n1. The van der Waals surface area contributed by atoms with Gasteiger partial charge in [0.25, 0.3) is 0 Å². The molecule has 2 heterocycles. The van der Waals surface area contributed by atoms with E-state index >= 15 is 0 Å². The summed E-state index contributed by atoms with van der Waals surface area (Å²) in [5, 5.41) is 11.0. The number of piperidine rings is 1. The summed E-state index contributed by atoms with van der Waals surface area (Å²) in [4.78, 5) is 24.4. The van der Waals surface area contributed by atoms with Gasteiger partial charge in [-0.15, -0.1) is 0 Å². The van der Waals surface area contributed by atoms with E-state index in [2.05, 4.69) is 72.4 Å². The third-order valence-electron chi connectivity index (χ3n) is 6.48. The topological polar surface area (TPSA) is 85.2 Å². The highest BCUT2D eigenvalue weighted by molar-refractivity contribution is 5.88. The van der Waals surface area contributed by atoms with Crippen LogP contribution >= 0.6 is 0 Å². The molecule has 1 amide bonds. The molecule has 1 fully saturated rings. The fraction of sp³-hybridized carbons (Fsp3) is 0.556. The summed E-state index contributed by atoms with van der Waals surface area (Å²) in [6, 6.07) is 12.3. The highest BCUT2D eigenvalue weighted by atomic mass is 16.2. The number of amides is 1. The van der Waals surface area contributed by atoms with Crippen molar-refractivity contribution in [2.45, 2.75) is 65.7 Å². The summed E-state index contributed by atoms with van der Waals surface area (Å²) in [7, 11) is 2.17. The number of hydrazine groups is 1. The minimum Gasteiger partial charge on any atom is -0.306 e. The zero-order valence-corrected chi connectivity index (χ0v) is 21.6. The zero-order valence-electron chi connectivity index (χ0n) is 21.6. The Balaban J connectivity index is 1.81. The van der Waals surface area contributed by atoms with Gasteiger partial charge in [0.05, 0.1) is 5.41 Å². The maximum absolute atomic E-state index is 13.5. The van der Waals surface area contributed by atoms with E-state index in [-0.39, 0.29) is 17.1 Å². The van der Waals surface area contributed by atoms with Crippen molar-refractivity contribution in [1.82, 2.24) is 20.3 Å². The Bertz CT molecular complexity index is 1040. The lowest BCUT2D eigenvalue weighted by Gasteiger charge is -2.34. The number of likely N-dealkylation sites (tertiary alicyclic amines) is 1. The molecular weight excluding hydrogens is 424 g/mol. The Morgan fingerprint density at radius 3 is 2.32 bits per heavy atom. The Hall–Kier alpha value is -2.98. The van der Waals surface area contributed by atoms with Crippen LogP contribution in [0, 0.1) is 23.7 Å². The van der Waals surface area contributed by atoms with Crippen molar-refractivity contribution in [2.24, 2.45) is 5.41 Å². The van der Waals surface area contributed by atoms with Gasteiger partial charge in [0, 0.05) is 18.3 Å². The Kier molecular flexibility index (Phi) is 7.62. The third kappa shape index (κ3) is 6.32. The van der Waals surface area contributed by atoms with Crippen LogP contribution in [0.1, 0.15) is 76.0 Å². The predicted molar refractivity (Wildman–Crippen MR) is 135 cm³/mol. The van der Waals surface area contributed by atoms with E-state index in [1.165, 1.54) is 18.4 Å². The molecule has 1 aliphatic heterocycles. The molecule has 1 aromatic heterocycles. The van der Waals surface area contributed by atoms with E-state index in [1.54, 1.807) is 11.1 Å². The van der Waals surface area contributed by atoms with Crippen LogP contribution in [-0.4, -0.2) is 47.5 Å². The second-order valence-electron chi connectivity index (χ2n) is 11.2. The first-order valence-electron chi connectivity index (χ1n) is 12.0. The lowest BCUT2D eigenvalue weighted by molar-refractivity contribution is -0.125. The quantitative estimate of drug-likeness (QED) is 0.643. The number of nitriles is 1. The molecule has 1 saturated heterocycles. The van der Waals surface area contributed by atoms with Crippen LogP contribution in [0.15, 0.2) is 30.3 Å². The summed E-state index contributed by atoms with van der Waals surface area (Å²) < 4.78 is 0. The minimum atomic E-state index is -0.748. The average molecular weight is 463 g/mol. The van der Waals surface area contributed by atoms with Crippen molar-refractivity contribution in [1.29, 1.82) is 5.26 Å². The van der Waals surface area contributed by atoms with Gasteiger partial charge in [-0.1, -0.05) is 45.0 Å². The molecule has 1 aliphatic rings. The fourth-order valence-electron chi connectivity index (χ4n) is 4.30. The number of aromatic nitrogens is 2. The number of rotatable bonds is 6. The van der Waals surface area contributed by atoms with Gasteiger partial charge in [0.2, 0.25) is 11.7 Å². The van der Waals surface area contributed by atoms with Gasteiger partial charge in [-0.25, -0.2) is 4.98 Å². The number of carbonyl (C=O) groups is 1. The van der Waals surface area contributed by atoms with Gasteiger partial charge in [-0.05, 0) is 76.2 Å². The van der Waals surface area contributed by atoms with Crippen molar-refractivity contribution in [3.8, 4) is 6.07 Å². The molecule has 7 heteroatoms. The van der Waals surface area contributed by atoms with E-state index < -0.39 is 5.41 Å². The molecule has 1 aromatic carbocycles. The van der Waals surface area contributed by atoms with Crippen LogP contribution in [-0.2, 0) is 10.2 Å². The van der Waals surface area contributed by atoms with Crippen LogP contribution < -0.4 is 10.4 Å². The molecule has 7 nitrogen and oxygen atoms in total. The largest absolute Gasteiger partial charge is 0.306 e. The Morgan fingerprint density at radius 2 is 1.76 bits per heavy atom. The second-order valence-corrected chi connectivity index (χ2v) is 11.2. The van der Waals surface area contributed by atoms with Gasteiger partial charge >= 0.3 is 0 Å². The number of carbonyl (C=O) groups excluding carboxylic acids is 1. The molecule has 0 aliphatic carbocycles. The number of hydrogen-bond donors (Lipinski definition) is 1. The van der Waals surface area contributed by atoms with Crippen molar-refractivity contribution in [2.75, 3.05) is 31.7 Å². The first kappa shape index (κ1) is 25.6. The van der Waals surface area contributed by atoms with E-state index in [9.17, 15) is 10.1 Å². The van der Waals surface area contributed by atoms with Crippen LogP contribution in [0.2, 0.25) is 0 Å². The number of nitrogens with zero attached hydrogens (tertiary/aromatic N) is 5. The van der Waals surface area contributed by atoms with Gasteiger partial charge in [-0.2, -0.15) is 10.2 Å². The molecule has 1 N–H and O–H groups in total. The second kappa shape index (κ2) is 10.1. The van der Waals surface area contributed by atoms with Gasteiger partial charge in [0.1, 0.15) is 6.07 Å².